The Labute approximate surface area is 124 Å². The lowest BCUT2D eigenvalue weighted by Gasteiger charge is -2.17. The molecule has 0 aliphatic heterocycles. The number of carbonyl (C=O) groups excluding carboxylic acids is 2. The highest BCUT2D eigenvalue weighted by molar-refractivity contribution is 5.97. The topological polar surface area (TPSA) is 46.2 Å². The summed E-state index contributed by atoms with van der Waals surface area (Å²) in [6.07, 6.45) is 1.43. The molecule has 2 aromatic carbocycles. The molecular weight excluding hydrogens is 262 g/mol. The fraction of sp³-hybridized carbons (Fsp3) is 0.111. The first-order chi connectivity index (χ1) is 10.2. The van der Waals surface area contributed by atoms with E-state index < -0.39 is 0 Å². The number of ketones is 1. The Kier molecular flexibility index (Phi) is 5.04. The maximum atomic E-state index is 12.3. The number of nitrogens with one attached hydrogen (secondary N) is 1. The second kappa shape index (κ2) is 7.20. The summed E-state index contributed by atoms with van der Waals surface area (Å²) in [5.74, 6) is -0.293. The lowest BCUT2D eigenvalue weighted by molar-refractivity contribution is -0.117. The molecule has 0 saturated carbocycles. The molecule has 1 N–H and O–H groups in total. The normalized spacial score (nSPS) is 11.4. The lowest BCUT2D eigenvalue weighted by atomic mass is 9.98. The van der Waals surface area contributed by atoms with E-state index in [-0.39, 0.29) is 24.2 Å². The van der Waals surface area contributed by atoms with Crippen LogP contribution in [0, 0.1) is 0 Å². The maximum absolute atomic E-state index is 12.3. The standard InChI is InChI=1S/C18H17NO2/c1-2-18(21)19-16(14-9-5-3-6-10-14)13-17(20)15-11-7-4-8-12-15/h2-12,16H,1,13H2,(H,19,21). The Morgan fingerprint density at radius 2 is 1.57 bits per heavy atom. The third kappa shape index (κ3) is 4.14. The van der Waals surface area contributed by atoms with Crippen molar-refractivity contribution >= 4 is 11.7 Å². The molecule has 1 atom stereocenters. The highest BCUT2D eigenvalue weighted by Gasteiger charge is 2.18. The quantitative estimate of drug-likeness (QED) is 0.651. The van der Waals surface area contributed by atoms with Crippen LogP contribution in [-0.2, 0) is 4.79 Å². The first-order valence-electron chi connectivity index (χ1n) is 6.77. The molecule has 0 saturated heterocycles. The van der Waals surface area contributed by atoms with Crippen molar-refractivity contribution in [3.8, 4) is 0 Å². The molecule has 0 radical (unpaired) electrons. The van der Waals surface area contributed by atoms with Gasteiger partial charge in [0.15, 0.2) is 5.78 Å². The predicted molar refractivity (Wildman–Crippen MR) is 82.9 cm³/mol. The van der Waals surface area contributed by atoms with Gasteiger partial charge in [-0.25, -0.2) is 0 Å². The van der Waals surface area contributed by atoms with Crippen LogP contribution in [0.2, 0.25) is 0 Å². The largest absolute Gasteiger partial charge is 0.345 e. The maximum Gasteiger partial charge on any atom is 0.243 e. The first kappa shape index (κ1) is 14.7. The molecule has 0 spiro atoms. The number of Topliss-reactive ketones (excluding diaryl/α,β-unsaturated/α-hetero) is 1. The lowest BCUT2D eigenvalue weighted by Crippen LogP contribution is -2.28. The molecule has 0 aliphatic rings. The molecule has 2 aromatic rings. The second-order valence-corrected chi connectivity index (χ2v) is 4.67. The van der Waals surface area contributed by atoms with Gasteiger partial charge in [-0.15, -0.1) is 0 Å². The van der Waals surface area contributed by atoms with E-state index in [1.807, 2.05) is 48.5 Å². The summed E-state index contributed by atoms with van der Waals surface area (Å²) in [4.78, 5) is 23.9. The van der Waals surface area contributed by atoms with Crippen LogP contribution in [0.5, 0.6) is 0 Å². The number of benzene rings is 2. The molecule has 0 aliphatic carbocycles. The fourth-order valence-corrected chi connectivity index (χ4v) is 2.10. The van der Waals surface area contributed by atoms with E-state index in [2.05, 4.69) is 11.9 Å². The van der Waals surface area contributed by atoms with E-state index in [9.17, 15) is 9.59 Å². The third-order valence-electron chi connectivity index (χ3n) is 3.19. The third-order valence-corrected chi connectivity index (χ3v) is 3.19. The number of hydrogen-bond donors (Lipinski definition) is 1. The van der Waals surface area contributed by atoms with Crippen molar-refractivity contribution in [3.63, 3.8) is 0 Å². The SMILES string of the molecule is C=CC(=O)NC(CC(=O)c1ccccc1)c1ccccc1. The van der Waals surface area contributed by atoms with Crippen molar-refractivity contribution in [2.75, 3.05) is 0 Å². The van der Waals surface area contributed by atoms with Gasteiger partial charge in [-0.3, -0.25) is 9.59 Å². The first-order valence-corrected chi connectivity index (χ1v) is 6.77. The Morgan fingerprint density at radius 1 is 1.00 bits per heavy atom. The number of hydrogen-bond acceptors (Lipinski definition) is 2. The average Bonchev–Trinajstić information content (AvgIpc) is 2.55. The van der Waals surface area contributed by atoms with Gasteiger partial charge in [0.05, 0.1) is 6.04 Å². The van der Waals surface area contributed by atoms with Crippen LogP contribution in [0.1, 0.15) is 28.4 Å². The Balaban J connectivity index is 2.18. The number of amides is 1. The molecule has 0 fully saturated rings. The van der Waals surface area contributed by atoms with Gasteiger partial charge in [-0.2, -0.15) is 0 Å². The zero-order valence-electron chi connectivity index (χ0n) is 11.7. The van der Waals surface area contributed by atoms with Crippen LogP contribution in [0.15, 0.2) is 73.3 Å². The van der Waals surface area contributed by atoms with Gasteiger partial charge < -0.3 is 5.32 Å². The molecule has 0 aromatic heterocycles. The van der Waals surface area contributed by atoms with Crippen LogP contribution in [0.3, 0.4) is 0 Å². The highest BCUT2D eigenvalue weighted by atomic mass is 16.1. The van der Waals surface area contributed by atoms with Crippen molar-refractivity contribution in [3.05, 3.63) is 84.4 Å². The Bertz CT molecular complexity index is 620. The van der Waals surface area contributed by atoms with E-state index >= 15 is 0 Å². The van der Waals surface area contributed by atoms with Crippen LogP contribution < -0.4 is 5.32 Å². The predicted octanol–water partition coefficient (Wildman–Crippen LogP) is 3.30. The van der Waals surface area contributed by atoms with Crippen LogP contribution in [0.25, 0.3) is 0 Å². The van der Waals surface area contributed by atoms with Gasteiger partial charge in [-0.05, 0) is 11.6 Å². The molecule has 2 rings (SSSR count). The summed E-state index contributed by atoms with van der Waals surface area (Å²) in [5, 5.41) is 2.81. The summed E-state index contributed by atoms with van der Waals surface area (Å²) in [5.41, 5.74) is 1.54. The van der Waals surface area contributed by atoms with Crippen molar-refractivity contribution in [1.82, 2.24) is 5.32 Å². The minimum Gasteiger partial charge on any atom is -0.345 e. The molecule has 0 heterocycles. The average molecular weight is 279 g/mol. The van der Waals surface area contributed by atoms with E-state index in [0.29, 0.717) is 5.56 Å². The summed E-state index contributed by atoms with van der Waals surface area (Å²) in [6, 6.07) is 18.2. The number of carbonyl (C=O) groups is 2. The summed E-state index contributed by atoms with van der Waals surface area (Å²) in [7, 11) is 0. The Morgan fingerprint density at radius 3 is 2.14 bits per heavy atom. The van der Waals surface area contributed by atoms with E-state index in [1.54, 1.807) is 12.1 Å². The van der Waals surface area contributed by atoms with Gasteiger partial charge in [-0.1, -0.05) is 67.2 Å². The van der Waals surface area contributed by atoms with Gasteiger partial charge in [0.1, 0.15) is 0 Å². The smallest absolute Gasteiger partial charge is 0.243 e. The molecule has 106 valence electrons. The zero-order valence-corrected chi connectivity index (χ0v) is 11.7. The van der Waals surface area contributed by atoms with Crippen molar-refractivity contribution in [2.45, 2.75) is 12.5 Å². The molecule has 21 heavy (non-hydrogen) atoms. The number of rotatable bonds is 6. The molecule has 0 bridgehead atoms. The molecular formula is C18H17NO2. The molecule has 1 amide bonds. The summed E-state index contributed by atoms with van der Waals surface area (Å²) in [6.45, 7) is 3.45. The van der Waals surface area contributed by atoms with Gasteiger partial charge in [0.25, 0.3) is 0 Å². The summed E-state index contributed by atoms with van der Waals surface area (Å²) >= 11 is 0. The molecule has 1 unspecified atom stereocenters. The fourth-order valence-electron chi connectivity index (χ4n) is 2.10. The monoisotopic (exact) mass is 279 g/mol. The van der Waals surface area contributed by atoms with Crippen LogP contribution in [0.4, 0.5) is 0 Å². The van der Waals surface area contributed by atoms with E-state index in [1.165, 1.54) is 6.08 Å². The zero-order chi connectivity index (χ0) is 15.1. The molecule has 3 heteroatoms. The summed E-state index contributed by atoms with van der Waals surface area (Å²) < 4.78 is 0. The minimum atomic E-state index is -0.357. The highest BCUT2D eigenvalue weighted by Crippen LogP contribution is 2.19. The van der Waals surface area contributed by atoms with Crippen LogP contribution >= 0.6 is 0 Å². The molecule has 3 nitrogen and oxygen atoms in total. The van der Waals surface area contributed by atoms with Crippen molar-refractivity contribution in [1.29, 1.82) is 0 Å². The van der Waals surface area contributed by atoms with Gasteiger partial charge >= 0.3 is 0 Å². The van der Waals surface area contributed by atoms with Crippen molar-refractivity contribution in [2.24, 2.45) is 0 Å². The van der Waals surface area contributed by atoms with Crippen molar-refractivity contribution < 1.29 is 9.59 Å². The van der Waals surface area contributed by atoms with Gasteiger partial charge in [0.2, 0.25) is 5.91 Å². The second-order valence-electron chi connectivity index (χ2n) is 4.67. The van der Waals surface area contributed by atoms with Crippen LogP contribution in [-0.4, -0.2) is 11.7 Å². The van der Waals surface area contributed by atoms with Gasteiger partial charge in [0, 0.05) is 12.0 Å². The Hall–Kier alpha value is -2.68. The van der Waals surface area contributed by atoms with E-state index in [4.69, 9.17) is 0 Å². The minimum absolute atomic E-state index is 0.00573. The van der Waals surface area contributed by atoms with E-state index in [0.717, 1.165) is 5.56 Å².